The molecule has 7 nitrogen and oxygen atoms in total. The van der Waals surface area contributed by atoms with Gasteiger partial charge in [0.05, 0.1) is 12.8 Å². The lowest BCUT2D eigenvalue weighted by atomic mass is 10.1. The summed E-state index contributed by atoms with van der Waals surface area (Å²) in [6, 6.07) is 12.2. The molecule has 0 atom stereocenters. The summed E-state index contributed by atoms with van der Waals surface area (Å²) >= 11 is 0. The van der Waals surface area contributed by atoms with Crippen molar-refractivity contribution in [2.75, 3.05) is 38.6 Å². The van der Waals surface area contributed by atoms with Crippen molar-refractivity contribution in [3.05, 3.63) is 59.2 Å². The normalized spacial score (nSPS) is 13.8. The molecule has 28 heavy (non-hydrogen) atoms. The average molecular weight is 381 g/mol. The van der Waals surface area contributed by atoms with Gasteiger partial charge in [-0.15, -0.1) is 0 Å². The molecule has 2 aromatic rings. The van der Waals surface area contributed by atoms with Gasteiger partial charge in [0.15, 0.2) is 0 Å². The molecule has 0 radical (unpaired) electrons. The molecule has 3 rings (SSSR count). The SMILES string of the molecule is COc1ccc(C)cc1NC(=O)c1cccc(C(=O)N2CCN(C=O)CC2)c1. The highest BCUT2D eigenvalue weighted by Crippen LogP contribution is 2.26. The van der Waals surface area contributed by atoms with Crippen LogP contribution in [0, 0.1) is 6.92 Å². The second-order valence-electron chi connectivity index (χ2n) is 6.67. The lowest BCUT2D eigenvalue weighted by Gasteiger charge is -2.32. The summed E-state index contributed by atoms with van der Waals surface area (Å²) < 4.78 is 5.29. The van der Waals surface area contributed by atoms with Crippen molar-refractivity contribution in [2.45, 2.75) is 6.92 Å². The molecular formula is C21H23N3O4. The molecule has 1 fully saturated rings. The van der Waals surface area contributed by atoms with Crippen LogP contribution in [0.25, 0.3) is 0 Å². The number of rotatable bonds is 5. The number of aryl methyl sites for hydroxylation is 1. The van der Waals surface area contributed by atoms with Gasteiger partial charge in [-0.3, -0.25) is 14.4 Å². The van der Waals surface area contributed by atoms with Gasteiger partial charge in [0.1, 0.15) is 5.75 Å². The first-order valence-electron chi connectivity index (χ1n) is 9.06. The number of anilines is 1. The van der Waals surface area contributed by atoms with Crippen LogP contribution in [0.5, 0.6) is 5.75 Å². The number of hydrogen-bond acceptors (Lipinski definition) is 4. The molecular weight excluding hydrogens is 358 g/mol. The fourth-order valence-electron chi connectivity index (χ4n) is 3.12. The Morgan fingerprint density at radius 3 is 2.43 bits per heavy atom. The molecule has 0 bridgehead atoms. The first-order valence-corrected chi connectivity index (χ1v) is 9.06. The minimum Gasteiger partial charge on any atom is -0.495 e. The Morgan fingerprint density at radius 1 is 1.04 bits per heavy atom. The van der Waals surface area contributed by atoms with E-state index in [1.54, 1.807) is 47.2 Å². The van der Waals surface area contributed by atoms with Gasteiger partial charge >= 0.3 is 0 Å². The van der Waals surface area contributed by atoms with E-state index in [2.05, 4.69) is 5.32 Å². The van der Waals surface area contributed by atoms with E-state index in [9.17, 15) is 14.4 Å². The second-order valence-corrected chi connectivity index (χ2v) is 6.67. The van der Waals surface area contributed by atoms with Gasteiger partial charge in [-0.05, 0) is 42.8 Å². The highest BCUT2D eigenvalue weighted by molar-refractivity contribution is 6.06. The van der Waals surface area contributed by atoms with Crippen molar-refractivity contribution in [3.8, 4) is 5.75 Å². The maximum atomic E-state index is 12.7. The third kappa shape index (κ3) is 4.31. The largest absolute Gasteiger partial charge is 0.495 e. The van der Waals surface area contributed by atoms with E-state index in [0.717, 1.165) is 12.0 Å². The fourth-order valence-corrected chi connectivity index (χ4v) is 3.12. The van der Waals surface area contributed by atoms with Gasteiger partial charge in [-0.25, -0.2) is 0 Å². The van der Waals surface area contributed by atoms with Gasteiger partial charge in [0.25, 0.3) is 11.8 Å². The van der Waals surface area contributed by atoms with Crippen LogP contribution in [0.2, 0.25) is 0 Å². The van der Waals surface area contributed by atoms with Crippen molar-refractivity contribution in [1.82, 2.24) is 9.80 Å². The van der Waals surface area contributed by atoms with Gasteiger partial charge in [-0.2, -0.15) is 0 Å². The number of methoxy groups -OCH3 is 1. The fraction of sp³-hybridized carbons (Fsp3) is 0.286. The lowest BCUT2D eigenvalue weighted by molar-refractivity contribution is -0.119. The molecule has 1 saturated heterocycles. The van der Waals surface area contributed by atoms with E-state index in [4.69, 9.17) is 4.74 Å². The van der Waals surface area contributed by atoms with Gasteiger partial charge in [0, 0.05) is 37.3 Å². The number of ether oxygens (including phenoxy) is 1. The van der Waals surface area contributed by atoms with Crippen LogP contribution >= 0.6 is 0 Å². The third-order valence-electron chi connectivity index (χ3n) is 4.73. The highest BCUT2D eigenvalue weighted by atomic mass is 16.5. The number of carbonyl (C=O) groups is 3. The molecule has 1 aliphatic heterocycles. The molecule has 1 N–H and O–H groups in total. The summed E-state index contributed by atoms with van der Waals surface area (Å²) in [5, 5.41) is 2.84. The summed E-state index contributed by atoms with van der Waals surface area (Å²) in [7, 11) is 1.55. The molecule has 0 aromatic heterocycles. The Morgan fingerprint density at radius 2 is 1.75 bits per heavy atom. The summed E-state index contributed by atoms with van der Waals surface area (Å²) in [5.41, 5.74) is 2.41. The van der Waals surface area contributed by atoms with Crippen LogP contribution in [0.1, 0.15) is 26.3 Å². The number of hydrogen-bond donors (Lipinski definition) is 1. The minimum absolute atomic E-state index is 0.145. The number of carbonyl (C=O) groups excluding carboxylic acids is 3. The van der Waals surface area contributed by atoms with E-state index in [1.165, 1.54) is 0 Å². The standard InChI is InChI=1S/C21H23N3O4/c1-15-6-7-19(28-2)18(12-15)22-20(26)16-4-3-5-17(13-16)21(27)24-10-8-23(14-25)9-11-24/h3-7,12-14H,8-11H2,1-2H3,(H,22,26). The first-order chi connectivity index (χ1) is 13.5. The predicted molar refractivity (Wildman–Crippen MR) is 106 cm³/mol. The van der Waals surface area contributed by atoms with Crippen molar-refractivity contribution < 1.29 is 19.1 Å². The second kappa shape index (κ2) is 8.56. The Kier molecular flexibility index (Phi) is 5.93. The minimum atomic E-state index is -0.315. The maximum absolute atomic E-state index is 12.7. The number of nitrogens with zero attached hydrogens (tertiary/aromatic N) is 2. The molecule has 1 aliphatic rings. The molecule has 0 spiro atoms. The number of amides is 3. The number of benzene rings is 2. The van der Waals surface area contributed by atoms with Crippen LogP contribution in [0.3, 0.4) is 0 Å². The third-order valence-corrected chi connectivity index (χ3v) is 4.73. The zero-order valence-electron chi connectivity index (χ0n) is 16.0. The van der Waals surface area contributed by atoms with Crippen molar-refractivity contribution in [2.24, 2.45) is 0 Å². The van der Waals surface area contributed by atoms with E-state index in [-0.39, 0.29) is 11.8 Å². The Hall–Kier alpha value is -3.35. The molecule has 1 heterocycles. The Balaban J connectivity index is 1.74. The summed E-state index contributed by atoms with van der Waals surface area (Å²) in [6.45, 7) is 3.92. The zero-order chi connectivity index (χ0) is 20.1. The lowest BCUT2D eigenvalue weighted by Crippen LogP contribution is -2.48. The average Bonchev–Trinajstić information content (AvgIpc) is 2.73. The quantitative estimate of drug-likeness (QED) is 0.805. The predicted octanol–water partition coefficient (Wildman–Crippen LogP) is 2.17. The Bertz CT molecular complexity index is 889. The monoisotopic (exact) mass is 381 g/mol. The Labute approximate surface area is 163 Å². The van der Waals surface area contributed by atoms with E-state index in [0.29, 0.717) is 48.7 Å². The maximum Gasteiger partial charge on any atom is 0.255 e. The van der Waals surface area contributed by atoms with Crippen LogP contribution < -0.4 is 10.1 Å². The molecule has 146 valence electrons. The molecule has 0 unspecified atom stereocenters. The smallest absolute Gasteiger partial charge is 0.255 e. The highest BCUT2D eigenvalue weighted by Gasteiger charge is 2.22. The van der Waals surface area contributed by atoms with Crippen molar-refractivity contribution in [1.29, 1.82) is 0 Å². The van der Waals surface area contributed by atoms with E-state index in [1.807, 2.05) is 19.1 Å². The molecule has 0 saturated carbocycles. The van der Waals surface area contributed by atoms with E-state index < -0.39 is 0 Å². The molecule has 7 heteroatoms. The van der Waals surface area contributed by atoms with Gasteiger partial charge < -0.3 is 19.9 Å². The topological polar surface area (TPSA) is 79.0 Å². The number of nitrogens with one attached hydrogen (secondary N) is 1. The molecule has 3 amide bonds. The van der Waals surface area contributed by atoms with E-state index >= 15 is 0 Å². The van der Waals surface area contributed by atoms with Crippen molar-refractivity contribution in [3.63, 3.8) is 0 Å². The number of piperazine rings is 1. The van der Waals surface area contributed by atoms with Gasteiger partial charge in [0.2, 0.25) is 6.41 Å². The van der Waals surface area contributed by atoms with Gasteiger partial charge in [-0.1, -0.05) is 12.1 Å². The van der Waals surface area contributed by atoms with Crippen LogP contribution in [-0.2, 0) is 4.79 Å². The van der Waals surface area contributed by atoms with Crippen molar-refractivity contribution >= 4 is 23.9 Å². The zero-order valence-corrected chi connectivity index (χ0v) is 16.0. The summed E-state index contributed by atoms with van der Waals surface area (Å²) in [6.07, 6.45) is 0.798. The molecule has 0 aliphatic carbocycles. The van der Waals surface area contributed by atoms with Crippen LogP contribution in [-0.4, -0.2) is 61.3 Å². The first kappa shape index (κ1) is 19.4. The van der Waals surface area contributed by atoms with Crippen LogP contribution in [0.15, 0.2) is 42.5 Å². The summed E-state index contributed by atoms with van der Waals surface area (Å²) in [4.78, 5) is 39.6. The molecule has 2 aromatic carbocycles. The van der Waals surface area contributed by atoms with Crippen LogP contribution in [0.4, 0.5) is 5.69 Å². The summed E-state index contributed by atoms with van der Waals surface area (Å²) in [5.74, 6) is 0.108.